The standard InChI is InChI=1S/C25H31N5O/c1-18-9-10-22-21(16-18)24(27-26-22)25(31)30-11-5-7-20(17-30)28-12-14-29(15-13-28)23-8-4-3-6-19(23)2/h3-4,6,8-10,16,20H,5,7,11-15,17H2,1-2H3,(H,26,27)/t20-/m1/s1. The van der Waals surface area contributed by atoms with Crippen molar-refractivity contribution in [3.63, 3.8) is 0 Å². The number of hydrogen-bond acceptors (Lipinski definition) is 4. The summed E-state index contributed by atoms with van der Waals surface area (Å²) in [5.74, 6) is 0.0556. The van der Waals surface area contributed by atoms with Gasteiger partial charge >= 0.3 is 0 Å². The Morgan fingerprint density at radius 1 is 1.03 bits per heavy atom. The number of nitrogens with zero attached hydrogens (tertiary/aromatic N) is 4. The second-order valence-corrected chi connectivity index (χ2v) is 8.98. The van der Waals surface area contributed by atoms with Gasteiger partial charge in [0, 0.05) is 56.4 Å². The van der Waals surface area contributed by atoms with Crippen molar-refractivity contribution in [3.8, 4) is 0 Å². The van der Waals surface area contributed by atoms with Crippen LogP contribution in [0, 0.1) is 13.8 Å². The van der Waals surface area contributed by atoms with E-state index >= 15 is 0 Å². The Hall–Kier alpha value is -2.86. The number of likely N-dealkylation sites (tertiary alicyclic amines) is 1. The van der Waals surface area contributed by atoms with E-state index < -0.39 is 0 Å². The van der Waals surface area contributed by atoms with Gasteiger partial charge in [0.1, 0.15) is 0 Å². The van der Waals surface area contributed by atoms with Crippen molar-refractivity contribution in [3.05, 3.63) is 59.3 Å². The minimum absolute atomic E-state index is 0.0556. The summed E-state index contributed by atoms with van der Waals surface area (Å²) in [7, 11) is 0. The third kappa shape index (κ3) is 3.92. The number of aromatic amines is 1. The number of anilines is 1. The molecule has 2 aliphatic heterocycles. The summed E-state index contributed by atoms with van der Waals surface area (Å²) in [5.41, 5.74) is 5.32. The topological polar surface area (TPSA) is 55.5 Å². The predicted octanol–water partition coefficient (Wildman–Crippen LogP) is 3.61. The average molecular weight is 418 g/mol. The summed E-state index contributed by atoms with van der Waals surface area (Å²) in [4.78, 5) is 20.4. The molecule has 3 aromatic rings. The third-order valence-electron chi connectivity index (χ3n) is 6.89. The van der Waals surface area contributed by atoms with Crippen LogP contribution in [0.1, 0.15) is 34.5 Å². The Kier molecular flexibility index (Phi) is 5.40. The van der Waals surface area contributed by atoms with Gasteiger partial charge in [0.15, 0.2) is 5.69 Å². The highest BCUT2D eigenvalue weighted by Crippen LogP contribution is 2.25. The lowest BCUT2D eigenvalue weighted by atomic mass is 10.0. The number of aromatic nitrogens is 2. The van der Waals surface area contributed by atoms with Crippen molar-refractivity contribution < 1.29 is 4.79 Å². The van der Waals surface area contributed by atoms with Crippen molar-refractivity contribution in [2.45, 2.75) is 32.7 Å². The Morgan fingerprint density at radius 2 is 1.84 bits per heavy atom. The summed E-state index contributed by atoms with van der Waals surface area (Å²) in [6.45, 7) is 10.0. The van der Waals surface area contributed by atoms with Crippen LogP contribution in [-0.2, 0) is 0 Å². The van der Waals surface area contributed by atoms with Gasteiger partial charge in [0.2, 0.25) is 0 Å². The van der Waals surface area contributed by atoms with E-state index in [2.05, 4.69) is 57.3 Å². The van der Waals surface area contributed by atoms with Crippen molar-refractivity contribution in [2.24, 2.45) is 0 Å². The number of piperidine rings is 1. The molecule has 162 valence electrons. The molecule has 2 fully saturated rings. The molecule has 0 bridgehead atoms. The lowest BCUT2D eigenvalue weighted by Crippen LogP contribution is -2.56. The van der Waals surface area contributed by atoms with Gasteiger partial charge in [0.25, 0.3) is 5.91 Å². The Labute approximate surface area is 183 Å². The molecule has 1 amide bonds. The van der Waals surface area contributed by atoms with Crippen molar-refractivity contribution in [1.29, 1.82) is 0 Å². The highest BCUT2D eigenvalue weighted by atomic mass is 16.2. The van der Waals surface area contributed by atoms with Gasteiger partial charge in [-0.15, -0.1) is 0 Å². The Morgan fingerprint density at radius 3 is 2.65 bits per heavy atom. The van der Waals surface area contributed by atoms with Gasteiger partial charge in [-0.05, 0) is 50.5 Å². The quantitative estimate of drug-likeness (QED) is 0.707. The predicted molar refractivity (Wildman–Crippen MR) is 125 cm³/mol. The van der Waals surface area contributed by atoms with Gasteiger partial charge in [-0.2, -0.15) is 5.10 Å². The average Bonchev–Trinajstić information content (AvgIpc) is 3.22. The van der Waals surface area contributed by atoms with E-state index in [-0.39, 0.29) is 5.91 Å². The zero-order valence-corrected chi connectivity index (χ0v) is 18.5. The van der Waals surface area contributed by atoms with E-state index in [9.17, 15) is 4.79 Å². The highest BCUT2D eigenvalue weighted by Gasteiger charge is 2.31. The molecule has 3 heterocycles. The summed E-state index contributed by atoms with van der Waals surface area (Å²) in [6, 6.07) is 15.2. The fourth-order valence-corrected chi connectivity index (χ4v) is 5.12. The van der Waals surface area contributed by atoms with Crippen LogP contribution < -0.4 is 4.90 Å². The lowest BCUT2D eigenvalue weighted by Gasteiger charge is -2.44. The molecule has 0 saturated carbocycles. The molecular weight excluding hydrogens is 386 g/mol. The van der Waals surface area contributed by atoms with Crippen LogP contribution in [0.5, 0.6) is 0 Å². The van der Waals surface area contributed by atoms with Crippen LogP contribution in [0.3, 0.4) is 0 Å². The van der Waals surface area contributed by atoms with E-state index in [4.69, 9.17) is 0 Å². The molecule has 6 heteroatoms. The van der Waals surface area contributed by atoms with Crippen molar-refractivity contribution >= 4 is 22.5 Å². The number of hydrogen-bond donors (Lipinski definition) is 1. The monoisotopic (exact) mass is 417 g/mol. The lowest BCUT2D eigenvalue weighted by molar-refractivity contribution is 0.0560. The summed E-state index contributed by atoms with van der Waals surface area (Å²) in [5, 5.41) is 8.32. The SMILES string of the molecule is Cc1ccc2[nH]nc(C(=O)N3CCC[C@@H](N4CCN(c5ccccc5C)CC4)C3)c2c1. The largest absolute Gasteiger partial charge is 0.369 e. The molecule has 31 heavy (non-hydrogen) atoms. The molecule has 1 N–H and O–H groups in total. The molecular formula is C25H31N5O. The molecule has 1 aromatic heterocycles. The first kappa shape index (κ1) is 20.1. The fourth-order valence-electron chi connectivity index (χ4n) is 5.12. The minimum atomic E-state index is 0.0556. The number of carbonyl (C=O) groups is 1. The van der Waals surface area contributed by atoms with Crippen LogP contribution in [0.15, 0.2) is 42.5 Å². The second-order valence-electron chi connectivity index (χ2n) is 8.98. The number of aryl methyl sites for hydroxylation is 2. The number of rotatable bonds is 3. The van der Waals surface area contributed by atoms with Gasteiger partial charge in [-0.1, -0.05) is 29.8 Å². The van der Waals surface area contributed by atoms with Gasteiger partial charge in [0.05, 0.1) is 5.52 Å². The Balaban J connectivity index is 1.25. The maximum Gasteiger partial charge on any atom is 0.275 e. The number of fused-ring (bicyclic) bond motifs is 1. The molecule has 2 aliphatic rings. The first-order valence-electron chi connectivity index (χ1n) is 11.4. The summed E-state index contributed by atoms with van der Waals surface area (Å²) < 4.78 is 0. The van der Waals surface area contributed by atoms with Gasteiger partial charge in [-0.3, -0.25) is 14.8 Å². The maximum absolute atomic E-state index is 13.3. The molecule has 5 rings (SSSR count). The molecule has 2 saturated heterocycles. The van der Waals surface area contributed by atoms with Crippen LogP contribution in [0.2, 0.25) is 0 Å². The maximum atomic E-state index is 13.3. The smallest absolute Gasteiger partial charge is 0.275 e. The van der Waals surface area contributed by atoms with Crippen LogP contribution in [0.25, 0.3) is 10.9 Å². The van der Waals surface area contributed by atoms with Crippen LogP contribution >= 0.6 is 0 Å². The zero-order valence-electron chi connectivity index (χ0n) is 18.5. The molecule has 0 spiro atoms. The third-order valence-corrected chi connectivity index (χ3v) is 6.89. The number of amides is 1. The number of nitrogens with one attached hydrogen (secondary N) is 1. The highest BCUT2D eigenvalue weighted by molar-refractivity contribution is 6.04. The minimum Gasteiger partial charge on any atom is -0.369 e. The molecule has 2 aromatic carbocycles. The summed E-state index contributed by atoms with van der Waals surface area (Å²) >= 11 is 0. The van der Waals surface area contributed by atoms with E-state index in [1.165, 1.54) is 11.3 Å². The fraction of sp³-hybridized carbons (Fsp3) is 0.440. The number of carbonyl (C=O) groups excluding carboxylic acids is 1. The van der Waals surface area contributed by atoms with E-state index in [1.807, 2.05) is 24.0 Å². The molecule has 0 radical (unpaired) electrons. The number of H-pyrrole nitrogens is 1. The van der Waals surface area contributed by atoms with Gasteiger partial charge < -0.3 is 9.80 Å². The first-order valence-corrected chi connectivity index (χ1v) is 11.4. The normalized spacial score (nSPS) is 20.4. The van der Waals surface area contributed by atoms with Gasteiger partial charge in [-0.25, -0.2) is 0 Å². The van der Waals surface area contributed by atoms with E-state index in [0.717, 1.165) is 68.6 Å². The molecule has 6 nitrogen and oxygen atoms in total. The van der Waals surface area contributed by atoms with Crippen LogP contribution in [0.4, 0.5) is 5.69 Å². The second kappa shape index (κ2) is 8.35. The van der Waals surface area contributed by atoms with Crippen molar-refractivity contribution in [1.82, 2.24) is 20.0 Å². The number of para-hydroxylation sites is 1. The first-order chi connectivity index (χ1) is 15.1. The molecule has 1 atom stereocenters. The van der Waals surface area contributed by atoms with Crippen molar-refractivity contribution in [2.75, 3.05) is 44.2 Å². The molecule has 0 unspecified atom stereocenters. The molecule has 0 aliphatic carbocycles. The Bertz CT molecular complexity index is 1080. The van der Waals surface area contributed by atoms with E-state index in [1.54, 1.807) is 0 Å². The summed E-state index contributed by atoms with van der Waals surface area (Å²) in [6.07, 6.45) is 2.21. The number of benzene rings is 2. The van der Waals surface area contributed by atoms with E-state index in [0.29, 0.717) is 11.7 Å². The number of piperazine rings is 1. The van der Waals surface area contributed by atoms with Crippen LogP contribution in [-0.4, -0.2) is 71.2 Å². The zero-order chi connectivity index (χ0) is 21.4.